The highest BCUT2D eigenvalue weighted by Crippen LogP contribution is 2.35. The van der Waals surface area contributed by atoms with Crippen LogP contribution in [0.5, 0.6) is 5.88 Å². The number of methoxy groups -OCH3 is 1. The summed E-state index contributed by atoms with van der Waals surface area (Å²) >= 11 is 0. The van der Waals surface area contributed by atoms with Gasteiger partial charge in [0.2, 0.25) is 5.88 Å². The van der Waals surface area contributed by atoms with Crippen molar-refractivity contribution in [1.29, 1.82) is 0 Å². The number of morpholine rings is 1. The van der Waals surface area contributed by atoms with Crippen LogP contribution in [-0.4, -0.2) is 55.1 Å². The van der Waals surface area contributed by atoms with Crippen molar-refractivity contribution in [2.45, 2.75) is 18.6 Å². The zero-order valence-electron chi connectivity index (χ0n) is 14.3. The zero-order chi connectivity index (χ0) is 17.4. The smallest absolute Gasteiger partial charge is 0.271 e. The maximum atomic E-state index is 12.5. The molecule has 1 N–H and O–H groups in total. The van der Waals surface area contributed by atoms with Crippen molar-refractivity contribution in [3.63, 3.8) is 0 Å². The molecule has 2 fully saturated rings. The molecule has 4 rings (SSSR count). The van der Waals surface area contributed by atoms with Crippen LogP contribution in [0.15, 0.2) is 35.4 Å². The number of hydrogen-bond donors (Lipinski definition) is 1. The van der Waals surface area contributed by atoms with E-state index in [0.717, 1.165) is 11.1 Å². The van der Waals surface area contributed by atoms with Gasteiger partial charge in [0.25, 0.3) is 5.56 Å². The number of H-pyrrole nitrogens is 1. The first-order chi connectivity index (χ1) is 12.1. The molecule has 4 heterocycles. The molecule has 25 heavy (non-hydrogen) atoms. The number of nitrogens with one attached hydrogen (secondary N) is 1. The number of ether oxygens (including phenoxy) is 3. The summed E-state index contributed by atoms with van der Waals surface area (Å²) in [6, 6.07) is 5.73. The van der Waals surface area contributed by atoms with E-state index in [1.807, 2.05) is 18.2 Å². The number of aromatic amines is 1. The number of aromatic nitrogens is 2. The average Bonchev–Trinajstić information content (AvgIpc) is 2.61. The minimum Gasteiger partial charge on any atom is -0.481 e. The van der Waals surface area contributed by atoms with Gasteiger partial charge < -0.3 is 24.1 Å². The van der Waals surface area contributed by atoms with E-state index in [4.69, 9.17) is 14.2 Å². The number of pyridine rings is 2. The maximum absolute atomic E-state index is 12.5. The molecule has 7 nitrogen and oxygen atoms in total. The quantitative estimate of drug-likeness (QED) is 0.909. The summed E-state index contributed by atoms with van der Waals surface area (Å²) in [5, 5.41) is 0. The van der Waals surface area contributed by atoms with Crippen LogP contribution >= 0.6 is 0 Å². The Labute approximate surface area is 145 Å². The molecule has 0 aromatic carbocycles. The Kier molecular flexibility index (Phi) is 3.97. The molecule has 0 saturated carbocycles. The van der Waals surface area contributed by atoms with Gasteiger partial charge in [-0.3, -0.25) is 4.79 Å². The molecule has 2 aromatic heterocycles. The van der Waals surface area contributed by atoms with E-state index in [9.17, 15) is 4.79 Å². The average molecular weight is 343 g/mol. The summed E-state index contributed by atoms with van der Waals surface area (Å²) < 4.78 is 16.7. The van der Waals surface area contributed by atoms with Crippen LogP contribution in [0.4, 0.5) is 5.69 Å². The van der Waals surface area contributed by atoms with Gasteiger partial charge in [-0.25, -0.2) is 4.98 Å². The van der Waals surface area contributed by atoms with Crippen molar-refractivity contribution in [2.24, 2.45) is 0 Å². The fourth-order valence-electron chi connectivity index (χ4n) is 3.52. The Balaban J connectivity index is 1.74. The molecule has 0 unspecified atom stereocenters. The molecule has 132 valence electrons. The van der Waals surface area contributed by atoms with Gasteiger partial charge >= 0.3 is 0 Å². The standard InChI is InChI=1S/C18H21N3O4/c1-12-18(10-24-11-18)25-7-6-21(12)15-8-13(9-20-16(15)22)14-4-3-5-19-17(14)23-2/h3-5,8-9,12H,6-7,10-11H2,1-2H3,(H,20,22)/t12-/m0/s1. The Bertz CT molecular complexity index is 831. The number of anilines is 1. The molecule has 2 aliphatic heterocycles. The van der Waals surface area contributed by atoms with Crippen LogP contribution in [-0.2, 0) is 9.47 Å². The van der Waals surface area contributed by atoms with E-state index in [-0.39, 0.29) is 17.2 Å². The topological polar surface area (TPSA) is 76.7 Å². The van der Waals surface area contributed by atoms with Gasteiger partial charge in [0.05, 0.1) is 33.0 Å². The number of rotatable bonds is 3. The van der Waals surface area contributed by atoms with Crippen LogP contribution in [0.25, 0.3) is 11.1 Å². The van der Waals surface area contributed by atoms with Crippen LogP contribution in [0.2, 0.25) is 0 Å². The summed E-state index contributed by atoms with van der Waals surface area (Å²) in [6.07, 6.45) is 3.37. The van der Waals surface area contributed by atoms with E-state index >= 15 is 0 Å². The zero-order valence-corrected chi connectivity index (χ0v) is 14.3. The highest BCUT2D eigenvalue weighted by atomic mass is 16.6. The van der Waals surface area contributed by atoms with Crippen molar-refractivity contribution in [2.75, 3.05) is 38.4 Å². The molecule has 2 aliphatic rings. The first-order valence-electron chi connectivity index (χ1n) is 8.35. The molecule has 2 aromatic rings. The predicted molar refractivity (Wildman–Crippen MR) is 93.2 cm³/mol. The first-order valence-corrected chi connectivity index (χ1v) is 8.35. The summed E-state index contributed by atoms with van der Waals surface area (Å²) in [5.74, 6) is 0.527. The van der Waals surface area contributed by atoms with Gasteiger partial charge in [0.1, 0.15) is 11.3 Å². The van der Waals surface area contributed by atoms with Crippen molar-refractivity contribution in [3.8, 4) is 17.0 Å². The number of hydrogen-bond acceptors (Lipinski definition) is 6. The van der Waals surface area contributed by atoms with E-state index in [1.54, 1.807) is 19.5 Å². The van der Waals surface area contributed by atoms with E-state index in [2.05, 4.69) is 21.8 Å². The predicted octanol–water partition coefficient (Wildman–Crippen LogP) is 1.44. The lowest BCUT2D eigenvalue weighted by Gasteiger charge is -2.53. The Hall–Kier alpha value is -2.38. The lowest BCUT2D eigenvalue weighted by Crippen LogP contribution is -2.68. The second-order valence-electron chi connectivity index (χ2n) is 6.44. The van der Waals surface area contributed by atoms with Crippen LogP contribution in [0.3, 0.4) is 0 Å². The highest BCUT2D eigenvalue weighted by Gasteiger charge is 2.50. The largest absolute Gasteiger partial charge is 0.481 e. The van der Waals surface area contributed by atoms with Crippen LogP contribution in [0.1, 0.15) is 6.92 Å². The monoisotopic (exact) mass is 343 g/mol. The van der Waals surface area contributed by atoms with Crippen molar-refractivity contribution < 1.29 is 14.2 Å². The van der Waals surface area contributed by atoms with E-state index in [1.165, 1.54) is 0 Å². The SMILES string of the molecule is COc1ncccc1-c1c[nH]c(=O)c(N2CCOC3(COC3)[C@@H]2C)c1. The molecule has 0 aliphatic carbocycles. The van der Waals surface area contributed by atoms with Crippen molar-refractivity contribution in [1.82, 2.24) is 9.97 Å². The lowest BCUT2D eigenvalue weighted by molar-refractivity contribution is -0.228. The number of nitrogens with zero attached hydrogens (tertiary/aromatic N) is 2. The molecule has 7 heteroatoms. The molecule has 1 atom stereocenters. The second kappa shape index (κ2) is 6.16. The van der Waals surface area contributed by atoms with Gasteiger partial charge in [0.15, 0.2) is 0 Å². The van der Waals surface area contributed by atoms with Gasteiger partial charge in [-0.2, -0.15) is 0 Å². The Morgan fingerprint density at radius 3 is 3.00 bits per heavy atom. The third-order valence-corrected chi connectivity index (χ3v) is 5.11. The molecule has 0 bridgehead atoms. The molecule has 1 spiro atoms. The molecule has 2 saturated heterocycles. The summed E-state index contributed by atoms with van der Waals surface area (Å²) in [7, 11) is 1.59. The molecule has 0 amide bonds. The summed E-state index contributed by atoms with van der Waals surface area (Å²) in [5.41, 5.74) is 1.90. The molecular formula is C18H21N3O4. The van der Waals surface area contributed by atoms with Gasteiger partial charge in [-0.1, -0.05) is 0 Å². The highest BCUT2D eigenvalue weighted by molar-refractivity contribution is 5.71. The first kappa shape index (κ1) is 16.1. The second-order valence-corrected chi connectivity index (χ2v) is 6.44. The molecular weight excluding hydrogens is 322 g/mol. The van der Waals surface area contributed by atoms with E-state index < -0.39 is 0 Å². The molecule has 0 radical (unpaired) electrons. The van der Waals surface area contributed by atoms with Crippen molar-refractivity contribution >= 4 is 5.69 Å². The lowest BCUT2D eigenvalue weighted by atomic mass is 9.90. The fraction of sp³-hybridized carbons (Fsp3) is 0.444. The van der Waals surface area contributed by atoms with Crippen molar-refractivity contribution in [3.05, 3.63) is 40.9 Å². The fourth-order valence-corrected chi connectivity index (χ4v) is 3.52. The summed E-state index contributed by atoms with van der Waals surface area (Å²) in [6.45, 7) is 4.46. The minimum atomic E-state index is -0.313. The van der Waals surface area contributed by atoms with Crippen LogP contribution in [0, 0.1) is 0 Å². The van der Waals surface area contributed by atoms with E-state index in [0.29, 0.717) is 37.9 Å². The normalized spacial score (nSPS) is 21.8. The summed E-state index contributed by atoms with van der Waals surface area (Å²) in [4.78, 5) is 21.7. The third kappa shape index (κ3) is 2.60. The maximum Gasteiger partial charge on any atom is 0.271 e. The Morgan fingerprint density at radius 1 is 1.44 bits per heavy atom. The van der Waals surface area contributed by atoms with Gasteiger partial charge in [-0.05, 0) is 25.1 Å². The van der Waals surface area contributed by atoms with Crippen LogP contribution < -0.4 is 15.2 Å². The van der Waals surface area contributed by atoms with Gasteiger partial charge in [-0.15, -0.1) is 0 Å². The minimum absolute atomic E-state index is 0.0575. The third-order valence-electron chi connectivity index (χ3n) is 5.11. The Morgan fingerprint density at radius 2 is 2.28 bits per heavy atom. The van der Waals surface area contributed by atoms with Gasteiger partial charge in [0, 0.05) is 30.1 Å².